The molecule has 0 atom stereocenters. The van der Waals surface area contributed by atoms with E-state index in [1.165, 1.54) is 70.6 Å². The predicted octanol–water partition coefficient (Wildman–Crippen LogP) is 14.4. The molecule has 2 aliphatic rings. The summed E-state index contributed by atoms with van der Waals surface area (Å²) in [4.78, 5) is 17.9. The molecule has 13 rings (SSSR count). The van der Waals surface area contributed by atoms with Crippen LogP contribution in [0.5, 0.6) is 0 Å². The van der Waals surface area contributed by atoms with Crippen LogP contribution in [0.25, 0.3) is 101 Å². The Labute approximate surface area is 363 Å². The molecule has 5 nitrogen and oxygen atoms in total. The standard InChI is InChI=1S/C56H37N5S/c1-56(2)44-20-10-9-18-40(44)43-32-38(29-31-45(43)56)54-58-52(35-14-5-3-6-15-35)57-53(59-54)36-26-24-34(25-27-36)37-28-30-41-47(33-37)60(39-16-7-4-8-17-39)55-50(41)42-19-13-23-49-51(42)61(55)46-21-11-12-22-48(46)62-49/h3-33H,1-2H3. The number of rotatable bonds is 5. The summed E-state index contributed by atoms with van der Waals surface area (Å²) in [6, 6.07) is 67.5. The minimum Gasteiger partial charge on any atom is -0.295 e. The second-order valence-electron chi connectivity index (χ2n) is 16.8. The van der Waals surface area contributed by atoms with Crippen molar-refractivity contribution in [2.45, 2.75) is 29.1 Å². The van der Waals surface area contributed by atoms with Crippen LogP contribution in [0.1, 0.15) is 25.0 Å². The Hall–Kier alpha value is -7.54. The number of hydrogen-bond acceptors (Lipinski definition) is 4. The van der Waals surface area contributed by atoms with E-state index in [4.69, 9.17) is 15.0 Å². The van der Waals surface area contributed by atoms with Gasteiger partial charge in [0, 0.05) is 53.7 Å². The van der Waals surface area contributed by atoms with Gasteiger partial charge in [0.1, 0.15) is 5.65 Å². The van der Waals surface area contributed by atoms with Gasteiger partial charge in [0.2, 0.25) is 0 Å². The van der Waals surface area contributed by atoms with E-state index in [9.17, 15) is 0 Å². The van der Waals surface area contributed by atoms with Gasteiger partial charge in [-0.15, -0.1) is 0 Å². The monoisotopic (exact) mass is 811 g/mol. The summed E-state index contributed by atoms with van der Waals surface area (Å²) < 4.78 is 4.94. The van der Waals surface area contributed by atoms with Crippen molar-refractivity contribution in [3.05, 3.63) is 199 Å². The molecule has 0 saturated heterocycles. The number of para-hydroxylation sites is 3. The molecule has 3 aromatic heterocycles. The van der Waals surface area contributed by atoms with Gasteiger partial charge >= 0.3 is 0 Å². The van der Waals surface area contributed by atoms with Crippen molar-refractivity contribution in [1.82, 2.24) is 24.1 Å². The molecule has 0 unspecified atom stereocenters. The summed E-state index contributed by atoms with van der Waals surface area (Å²) in [7, 11) is 0. The van der Waals surface area contributed by atoms with E-state index in [1.807, 2.05) is 30.0 Å². The lowest BCUT2D eigenvalue weighted by Gasteiger charge is -2.21. The van der Waals surface area contributed by atoms with E-state index >= 15 is 0 Å². The Morgan fingerprint density at radius 2 is 1.05 bits per heavy atom. The third kappa shape index (κ3) is 5.14. The minimum absolute atomic E-state index is 0.0742. The first-order valence-corrected chi connectivity index (χ1v) is 21.9. The zero-order valence-electron chi connectivity index (χ0n) is 34.0. The molecule has 0 radical (unpaired) electrons. The maximum absolute atomic E-state index is 5.16. The van der Waals surface area contributed by atoms with Gasteiger partial charge in [0.05, 0.1) is 16.7 Å². The van der Waals surface area contributed by atoms with Crippen LogP contribution in [-0.4, -0.2) is 24.1 Å². The Morgan fingerprint density at radius 3 is 1.85 bits per heavy atom. The summed E-state index contributed by atoms with van der Waals surface area (Å²) in [5, 5.41) is 3.78. The molecule has 0 N–H and O–H groups in total. The highest BCUT2D eigenvalue weighted by molar-refractivity contribution is 7.99. The number of aromatic nitrogens is 5. The molecule has 0 saturated carbocycles. The first-order valence-electron chi connectivity index (χ1n) is 21.1. The number of fused-ring (bicyclic) bond motifs is 10. The van der Waals surface area contributed by atoms with Crippen molar-refractivity contribution in [3.8, 4) is 67.8 Å². The maximum atomic E-state index is 5.16. The maximum Gasteiger partial charge on any atom is 0.164 e. The van der Waals surface area contributed by atoms with Crippen molar-refractivity contribution in [2.24, 2.45) is 0 Å². The lowest BCUT2D eigenvalue weighted by atomic mass is 9.82. The van der Waals surface area contributed by atoms with Crippen LogP contribution < -0.4 is 0 Å². The summed E-state index contributed by atoms with van der Waals surface area (Å²) in [6.07, 6.45) is 0. The van der Waals surface area contributed by atoms with Crippen LogP contribution in [-0.2, 0) is 5.41 Å². The second kappa shape index (κ2) is 13.2. The average Bonchev–Trinajstić information content (AvgIpc) is 3.93. The molecule has 0 spiro atoms. The molecule has 8 aromatic carbocycles. The number of hydrogen-bond donors (Lipinski definition) is 0. The SMILES string of the molecule is CC1(C)c2ccccc2-c2cc(-c3nc(-c4ccccc4)nc(-c4ccc(-c5ccc6c7c8cccc9c8n(c7n(-c7ccccc7)c6c5)-c5ccccc5S9)cc4)n3)ccc21. The van der Waals surface area contributed by atoms with Crippen molar-refractivity contribution < 1.29 is 0 Å². The largest absolute Gasteiger partial charge is 0.295 e. The summed E-state index contributed by atoms with van der Waals surface area (Å²) in [5.74, 6) is 1.95. The molecule has 6 heteroatoms. The molecule has 62 heavy (non-hydrogen) atoms. The summed E-state index contributed by atoms with van der Waals surface area (Å²) in [5.41, 5.74) is 16.2. The van der Waals surface area contributed by atoms with Gasteiger partial charge in [-0.1, -0.05) is 171 Å². The Bertz CT molecular complexity index is 3620. The third-order valence-electron chi connectivity index (χ3n) is 13.0. The van der Waals surface area contributed by atoms with E-state index in [-0.39, 0.29) is 5.41 Å². The van der Waals surface area contributed by atoms with Crippen LogP contribution in [0.4, 0.5) is 0 Å². The quantitative estimate of drug-likeness (QED) is 0.174. The second-order valence-corrected chi connectivity index (χ2v) is 17.9. The van der Waals surface area contributed by atoms with Crippen molar-refractivity contribution >= 4 is 44.6 Å². The first-order chi connectivity index (χ1) is 30.5. The van der Waals surface area contributed by atoms with E-state index < -0.39 is 0 Å². The minimum atomic E-state index is -0.0742. The molecular formula is C56H37N5S. The van der Waals surface area contributed by atoms with Gasteiger partial charge in [-0.2, -0.15) is 0 Å². The van der Waals surface area contributed by atoms with Crippen molar-refractivity contribution in [3.63, 3.8) is 0 Å². The normalized spacial score (nSPS) is 13.4. The molecule has 0 fully saturated rings. The highest BCUT2D eigenvalue weighted by Crippen LogP contribution is 2.51. The van der Waals surface area contributed by atoms with Crippen molar-refractivity contribution in [1.29, 1.82) is 0 Å². The van der Waals surface area contributed by atoms with Crippen LogP contribution >= 0.6 is 11.8 Å². The van der Waals surface area contributed by atoms with Crippen LogP contribution in [0.15, 0.2) is 198 Å². The van der Waals surface area contributed by atoms with Gasteiger partial charge in [-0.25, -0.2) is 15.0 Å². The molecule has 1 aliphatic heterocycles. The van der Waals surface area contributed by atoms with E-state index in [0.717, 1.165) is 33.5 Å². The zero-order chi connectivity index (χ0) is 41.1. The Balaban J connectivity index is 0.947. The van der Waals surface area contributed by atoms with Gasteiger partial charge in [-0.05, 0) is 75.8 Å². The molecule has 0 amide bonds. The van der Waals surface area contributed by atoms with Gasteiger partial charge < -0.3 is 0 Å². The Kier molecular flexibility index (Phi) is 7.52. The molecule has 0 bridgehead atoms. The summed E-state index contributed by atoms with van der Waals surface area (Å²) in [6.45, 7) is 4.61. The van der Waals surface area contributed by atoms with Crippen molar-refractivity contribution in [2.75, 3.05) is 0 Å². The zero-order valence-corrected chi connectivity index (χ0v) is 34.9. The predicted molar refractivity (Wildman–Crippen MR) is 254 cm³/mol. The lowest BCUT2D eigenvalue weighted by molar-refractivity contribution is 0.660. The highest BCUT2D eigenvalue weighted by atomic mass is 32.2. The van der Waals surface area contributed by atoms with E-state index in [2.05, 4.69) is 193 Å². The molecule has 292 valence electrons. The fraction of sp³-hybridized carbons (Fsp3) is 0.0536. The highest BCUT2D eigenvalue weighted by Gasteiger charge is 2.35. The smallest absolute Gasteiger partial charge is 0.164 e. The van der Waals surface area contributed by atoms with E-state index in [1.54, 1.807) is 0 Å². The molecule has 4 heterocycles. The van der Waals surface area contributed by atoms with E-state index in [0.29, 0.717) is 17.5 Å². The first kappa shape index (κ1) is 35.2. The fourth-order valence-corrected chi connectivity index (χ4v) is 11.1. The average molecular weight is 812 g/mol. The summed E-state index contributed by atoms with van der Waals surface area (Å²) >= 11 is 1.86. The van der Waals surface area contributed by atoms with Gasteiger partial charge in [-0.3, -0.25) is 9.13 Å². The van der Waals surface area contributed by atoms with Gasteiger partial charge in [0.25, 0.3) is 0 Å². The van der Waals surface area contributed by atoms with Crippen LogP contribution in [0, 0.1) is 0 Å². The van der Waals surface area contributed by atoms with Crippen LogP contribution in [0.2, 0.25) is 0 Å². The van der Waals surface area contributed by atoms with Gasteiger partial charge in [0.15, 0.2) is 17.5 Å². The molecule has 1 aliphatic carbocycles. The fourth-order valence-electron chi connectivity index (χ4n) is 10.0. The van der Waals surface area contributed by atoms with Crippen LogP contribution in [0.3, 0.4) is 0 Å². The number of nitrogens with zero attached hydrogens (tertiary/aromatic N) is 5. The Morgan fingerprint density at radius 1 is 0.435 bits per heavy atom. The number of benzene rings is 8. The third-order valence-corrected chi connectivity index (χ3v) is 14.1. The molecule has 11 aromatic rings. The molecular weight excluding hydrogens is 775 g/mol. The lowest BCUT2D eigenvalue weighted by Crippen LogP contribution is -2.14. The topological polar surface area (TPSA) is 48.5 Å².